The van der Waals surface area contributed by atoms with Gasteiger partial charge in [-0.2, -0.15) is 0 Å². The predicted molar refractivity (Wildman–Crippen MR) is 88.3 cm³/mol. The van der Waals surface area contributed by atoms with Crippen molar-refractivity contribution in [1.82, 2.24) is 9.88 Å². The van der Waals surface area contributed by atoms with Gasteiger partial charge < -0.3 is 14.6 Å². The molecule has 122 valence electrons. The molecule has 1 amide bonds. The van der Waals surface area contributed by atoms with Crippen molar-refractivity contribution in [2.45, 2.75) is 26.7 Å². The highest BCUT2D eigenvalue weighted by molar-refractivity contribution is 5.98. The van der Waals surface area contributed by atoms with Gasteiger partial charge in [0.2, 0.25) is 0 Å². The molecule has 1 aromatic carbocycles. The van der Waals surface area contributed by atoms with Crippen LogP contribution in [0.2, 0.25) is 0 Å². The van der Waals surface area contributed by atoms with Crippen LogP contribution in [0.1, 0.15) is 35.8 Å². The van der Waals surface area contributed by atoms with Crippen LogP contribution in [0.5, 0.6) is 0 Å². The van der Waals surface area contributed by atoms with Crippen LogP contribution in [0.15, 0.2) is 24.3 Å². The molecule has 1 saturated heterocycles. The maximum Gasteiger partial charge on any atom is 0.310 e. The van der Waals surface area contributed by atoms with Gasteiger partial charge in [0.25, 0.3) is 5.91 Å². The van der Waals surface area contributed by atoms with Crippen LogP contribution in [0, 0.1) is 12.8 Å². The molecule has 1 aliphatic heterocycles. The minimum atomic E-state index is -0.209. The molecule has 0 radical (unpaired) electrons. The van der Waals surface area contributed by atoms with Crippen LogP contribution in [0.25, 0.3) is 10.9 Å². The van der Waals surface area contributed by atoms with Crippen molar-refractivity contribution in [2.24, 2.45) is 5.92 Å². The Kier molecular flexibility index (Phi) is 4.37. The summed E-state index contributed by atoms with van der Waals surface area (Å²) in [6.45, 7) is 5.33. The van der Waals surface area contributed by atoms with E-state index in [1.54, 1.807) is 11.8 Å². The Morgan fingerprint density at radius 2 is 2.17 bits per heavy atom. The van der Waals surface area contributed by atoms with Crippen LogP contribution in [0.3, 0.4) is 0 Å². The first kappa shape index (κ1) is 15.6. The van der Waals surface area contributed by atoms with Crippen LogP contribution in [0.4, 0.5) is 0 Å². The summed E-state index contributed by atoms with van der Waals surface area (Å²) in [5.74, 6) is -0.454. The van der Waals surface area contributed by atoms with Gasteiger partial charge in [-0.05, 0) is 44.9 Å². The molecule has 1 aromatic heterocycles. The molecule has 5 heteroatoms. The first-order chi connectivity index (χ1) is 11.1. The number of aromatic nitrogens is 1. The van der Waals surface area contributed by atoms with Crippen molar-refractivity contribution < 1.29 is 14.3 Å². The van der Waals surface area contributed by atoms with Crippen molar-refractivity contribution in [1.29, 1.82) is 0 Å². The van der Waals surface area contributed by atoms with Crippen molar-refractivity contribution in [2.75, 3.05) is 19.7 Å². The third-order valence-electron chi connectivity index (χ3n) is 4.34. The summed E-state index contributed by atoms with van der Waals surface area (Å²) in [6, 6.07) is 7.95. The van der Waals surface area contributed by atoms with Gasteiger partial charge in [-0.3, -0.25) is 9.59 Å². The number of fused-ring (bicyclic) bond motifs is 1. The highest BCUT2D eigenvalue weighted by Gasteiger charge is 2.30. The topological polar surface area (TPSA) is 62.4 Å². The number of ether oxygens (including phenoxy) is 1. The number of carbonyl (C=O) groups excluding carboxylic acids is 2. The van der Waals surface area contributed by atoms with Gasteiger partial charge >= 0.3 is 5.97 Å². The molecule has 2 heterocycles. The summed E-state index contributed by atoms with van der Waals surface area (Å²) in [5.41, 5.74) is 2.70. The minimum Gasteiger partial charge on any atom is -0.466 e. The van der Waals surface area contributed by atoms with E-state index in [9.17, 15) is 9.59 Å². The van der Waals surface area contributed by atoms with Gasteiger partial charge in [0, 0.05) is 24.0 Å². The molecule has 23 heavy (non-hydrogen) atoms. The summed E-state index contributed by atoms with van der Waals surface area (Å²) >= 11 is 0. The van der Waals surface area contributed by atoms with Gasteiger partial charge in [-0.25, -0.2) is 0 Å². The minimum absolute atomic E-state index is 0.0483. The summed E-state index contributed by atoms with van der Waals surface area (Å²) in [7, 11) is 0. The number of aromatic amines is 1. The molecule has 0 aliphatic carbocycles. The quantitative estimate of drug-likeness (QED) is 0.886. The number of esters is 1. The number of amides is 1. The average molecular weight is 314 g/mol. The van der Waals surface area contributed by atoms with E-state index < -0.39 is 0 Å². The number of nitrogens with one attached hydrogen (secondary N) is 1. The maximum atomic E-state index is 12.7. The Labute approximate surface area is 135 Å². The molecule has 1 aliphatic rings. The van der Waals surface area contributed by atoms with Crippen molar-refractivity contribution >= 4 is 22.8 Å². The van der Waals surface area contributed by atoms with Gasteiger partial charge in [0.05, 0.1) is 12.5 Å². The van der Waals surface area contributed by atoms with E-state index in [1.165, 1.54) is 0 Å². The standard InChI is InChI=1S/C18H22N2O3/c1-3-23-18(22)13-5-4-8-20(11-13)17(21)16-10-14-9-12(2)6-7-15(14)19-16/h6-7,9-10,13,19H,3-5,8,11H2,1-2H3. The van der Waals surface area contributed by atoms with Crippen molar-refractivity contribution in [3.05, 3.63) is 35.5 Å². The number of nitrogens with zero attached hydrogens (tertiary/aromatic N) is 1. The highest BCUT2D eigenvalue weighted by Crippen LogP contribution is 2.22. The van der Waals surface area contributed by atoms with Crippen molar-refractivity contribution in [3.63, 3.8) is 0 Å². The highest BCUT2D eigenvalue weighted by atomic mass is 16.5. The summed E-state index contributed by atoms with van der Waals surface area (Å²) in [4.78, 5) is 29.6. The monoisotopic (exact) mass is 314 g/mol. The molecule has 1 fully saturated rings. The zero-order valence-corrected chi connectivity index (χ0v) is 13.6. The van der Waals surface area contributed by atoms with E-state index in [0.717, 1.165) is 29.3 Å². The molecule has 1 N–H and O–H groups in total. The summed E-state index contributed by atoms with van der Waals surface area (Å²) in [6.07, 6.45) is 1.61. The number of H-pyrrole nitrogens is 1. The zero-order chi connectivity index (χ0) is 16.4. The second kappa shape index (κ2) is 6.44. The Morgan fingerprint density at radius 1 is 1.35 bits per heavy atom. The molecule has 2 aromatic rings. The number of rotatable bonds is 3. The molecule has 1 unspecified atom stereocenters. The van der Waals surface area contributed by atoms with Gasteiger partial charge in [-0.1, -0.05) is 11.6 Å². The van der Waals surface area contributed by atoms with Crippen LogP contribution >= 0.6 is 0 Å². The molecule has 5 nitrogen and oxygen atoms in total. The smallest absolute Gasteiger partial charge is 0.310 e. The molecule has 0 bridgehead atoms. The molecule has 3 rings (SSSR count). The molecular formula is C18H22N2O3. The van der Waals surface area contributed by atoms with Crippen molar-refractivity contribution in [3.8, 4) is 0 Å². The number of hydrogen-bond donors (Lipinski definition) is 1. The fourth-order valence-electron chi connectivity index (χ4n) is 3.15. The lowest BCUT2D eigenvalue weighted by Gasteiger charge is -2.31. The van der Waals surface area contributed by atoms with Gasteiger partial charge in [-0.15, -0.1) is 0 Å². The Bertz CT molecular complexity index is 735. The number of piperidine rings is 1. The number of carbonyl (C=O) groups is 2. The van der Waals surface area contributed by atoms with E-state index in [2.05, 4.69) is 11.1 Å². The Balaban J connectivity index is 1.77. The molecule has 0 spiro atoms. The average Bonchev–Trinajstić information content (AvgIpc) is 2.97. The lowest BCUT2D eigenvalue weighted by molar-refractivity contribution is -0.149. The first-order valence-electron chi connectivity index (χ1n) is 8.13. The van der Waals surface area contributed by atoms with E-state index in [1.807, 2.05) is 25.1 Å². The predicted octanol–water partition coefficient (Wildman–Crippen LogP) is 2.89. The SMILES string of the molecule is CCOC(=O)C1CCCN(C(=O)c2cc3cc(C)ccc3[nH]2)C1. The summed E-state index contributed by atoms with van der Waals surface area (Å²) in [5, 5.41) is 1.03. The van der Waals surface area contributed by atoms with Crippen LogP contribution in [-0.2, 0) is 9.53 Å². The molecule has 0 saturated carbocycles. The Hall–Kier alpha value is -2.30. The fraction of sp³-hybridized carbons (Fsp3) is 0.444. The number of hydrogen-bond acceptors (Lipinski definition) is 3. The molecular weight excluding hydrogens is 292 g/mol. The van der Waals surface area contributed by atoms with Gasteiger partial charge in [0.15, 0.2) is 0 Å². The largest absolute Gasteiger partial charge is 0.466 e. The van der Waals surface area contributed by atoms with E-state index in [0.29, 0.717) is 25.4 Å². The number of likely N-dealkylation sites (tertiary alicyclic amines) is 1. The number of aryl methyl sites for hydroxylation is 1. The zero-order valence-electron chi connectivity index (χ0n) is 13.6. The summed E-state index contributed by atoms with van der Waals surface area (Å²) < 4.78 is 5.09. The fourth-order valence-corrected chi connectivity index (χ4v) is 3.15. The van der Waals surface area contributed by atoms with Crippen LogP contribution in [-0.4, -0.2) is 41.5 Å². The normalized spacial score (nSPS) is 18.2. The van der Waals surface area contributed by atoms with E-state index in [4.69, 9.17) is 4.74 Å². The van der Waals surface area contributed by atoms with E-state index >= 15 is 0 Å². The first-order valence-corrected chi connectivity index (χ1v) is 8.13. The lowest BCUT2D eigenvalue weighted by Crippen LogP contribution is -2.42. The van der Waals surface area contributed by atoms with E-state index in [-0.39, 0.29) is 17.8 Å². The second-order valence-electron chi connectivity index (χ2n) is 6.12. The number of benzene rings is 1. The third kappa shape index (κ3) is 3.23. The maximum absolute atomic E-state index is 12.7. The van der Waals surface area contributed by atoms with Gasteiger partial charge in [0.1, 0.15) is 5.69 Å². The van der Waals surface area contributed by atoms with Crippen LogP contribution < -0.4 is 0 Å². The second-order valence-corrected chi connectivity index (χ2v) is 6.12. The third-order valence-corrected chi connectivity index (χ3v) is 4.34. The lowest BCUT2D eigenvalue weighted by atomic mass is 9.98. The Morgan fingerprint density at radius 3 is 2.96 bits per heavy atom. The molecule has 1 atom stereocenters.